The predicted molar refractivity (Wildman–Crippen MR) is 103 cm³/mol. The van der Waals surface area contributed by atoms with Crippen molar-refractivity contribution in [2.75, 3.05) is 17.2 Å². The highest BCUT2D eigenvalue weighted by Gasteiger charge is 2.11. The number of nitrogens with one attached hydrogen (secondary N) is 2. The third-order valence-corrected chi connectivity index (χ3v) is 4.31. The van der Waals surface area contributed by atoms with E-state index in [-0.39, 0.29) is 18.7 Å². The molecule has 0 aliphatic heterocycles. The summed E-state index contributed by atoms with van der Waals surface area (Å²) in [6.07, 6.45) is -0.107. The number of carbonyl (C=O) groups excluding carboxylic acids is 3. The smallest absolute Gasteiger partial charge is 0.306 e. The van der Waals surface area contributed by atoms with Gasteiger partial charge in [0.25, 0.3) is 5.91 Å². The fraction of sp³-hybridized carbons (Fsp3) is 0.211. The molecule has 7 heteroatoms. The zero-order valence-corrected chi connectivity index (χ0v) is 15.8. The second-order valence-corrected chi connectivity index (χ2v) is 6.44. The Hall–Kier alpha value is -2.67. The van der Waals surface area contributed by atoms with Crippen molar-refractivity contribution in [1.29, 1.82) is 0 Å². The van der Waals surface area contributed by atoms with Crippen LogP contribution in [-0.2, 0) is 19.1 Å². The molecule has 0 spiro atoms. The number of anilines is 2. The van der Waals surface area contributed by atoms with Gasteiger partial charge in [-0.2, -0.15) is 0 Å². The molecule has 0 bridgehead atoms. The van der Waals surface area contributed by atoms with Gasteiger partial charge >= 0.3 is 5.97 Å². The van der Waals surface area contributed by atoms with Gasteiger partial charge in [0.05, 0.1) is 6.42 Å². The van der Waals surface area contributed by atoms with Crippen LogP contribution < -0.4 is 10.6 Å². The van der Waals surface area contributed by atoms with Crippen LogP contribution in [0.3, 0.4) is 0 Å². The van der Waals surface area contributed by atoms with Crippen LogP contribution in [-0.4, -0.2) is 24.4 Å². The van der Waals surface area contributed by atoms with Crippen LogP contribution in [0.2, 0.25) is 0 Å². The van der Waals surface area contributed by atoms with Gasteiger partial charge in [-0.15, -0.1) is 0 Å². The molecule has 0 aliphatic rings. The Morgan fingerprint density at radius 3 is 2.31 bits per heavy atom. The molecule has 2 rings (SSSR count). The summed E-state index contributed by atoms with van der Waals surface area (Å²) in [5.41, 5.74) is 2.26. The first kappa shape index (κ1) is 19.7. The fourth-order valence-electron chi connectivity index (χ4n) is 2.10. The highest BCUT2D eigenvalue weighted by Crippen LogP contribution is 2.19. The van der Waals surface area contributed by atoms with E-state index >= 15 is 0 Å². The molecule has 0 aliphatic carbocycles. The minimum absolute atomic E-state index is 0.0126. The summed E-state index contributed by atoms with van der Waals surface area (Å²) in [5, 5.41) is 5.32. The number of amides is 2. The molecule has 26 heavy (non-hydrogen) atoms. The van der Waals surface area contributed by atoms with Crippen LogP contribution in [0.5, 0.6) is 0 Å². The number of halogens is 1. The van der Waals surface area contributed by atoms with Crippen molar-refractivity contribution in [2.45, 2.75) is 19.8 Å². The molecule has 0 aromatic heterocycles. The molecule has 0 saturated carbocycles. The first-order valence-electron chi connectivity index (χ1n) is 8.00. The molecule has 2 aromatic rings. The van der Waals surface area contributed by atoms with E-state index in [1.54, 1.807) is 36.4 Å². The molecule has 2 aromatic carbocycles. The molecule has 0 saturated heterocycles. The summed E-state index contributed by atoms with van der Waals surface area (Å²) in [6, 6.07) is 14.3. The minimum Gasteiger partial charge on any atom is -0.456 e. The lowest BCUT2D eigenvalue weighted by molar-refractivity contribution is -0.147. The molecular weight excluding hydrogens is 400 g/mol. The summed E-state index contributed by atoms with van der Waals surface area (Å²) < 4.78 is 5.83. The number of esters is 1. The van der Waals surface area contributed by atoms with Crippen LogP contribution in [0.25, 0.3) is 0 Å². The second kappa shape index (κ2) is 9.72. The van der Waals surface area contributed by atoms with E-state index in [0.29, 0.717) is 11.4 Å². The maximum Gasteiger partial charge on any atom is 0.306 e. The van der Waals surface area contributed by atoms with E-state index in [1.165, 1.54) is 0 Å². The number of hydrogen-bond donors (Lipinski definition) is 2. The number of hydrogen-bond acceptors (Lipinski definition) is 4. The maximum atomic E-state index is 11.8. The number of rotatable bonds is 7. The lowest BCUT2D eigenvalue weighted by atomic mass is 10.2. The number of benzene rings is 2. The van der Waals surface area contributed by atoms with Crippen LogP contribution in [0.4, 0.5) is 11.4 Å². The van der Waals surface area contributed by atoms with Gasteiger partial charge in [-0.3, -0.25) is 14.4 Å². The van der Waals surface area contributed by atoms with Gasteiger partial charge in [0, 0.05) is 22.3 Å². The normalized spacial score (nSPS) is 10.1. The average molecular weight is 419 g/mol. The Bertz CT molecular complexity index is 793. The zero-order chi connectivity index (χ0) is 18.9. The van der Waals surface area contributed by atoms with Gasteiger partial charge in [-0.25, -0.2) is 0 Å². The highest BCUT2D eigenvalue weighted by atomic mass is 79.9. The van der Waals surface area contributed by atoms with E-state index < -0.39 is 18.5 Å². The first-order chi connectivity index (χ1) is 12.4. The Morgan fingerprint density at radius 2 is 1.62 bits per heavy atom. The minimum atomic E-state index is -0.602. The predicted octanol–water partition coefficient (Wildman–Crippen LogP) is 3.66. The zero-order valence-electron chi connectivity index (χ0n) is 14.3. The third-order valence-electron chi connectivity index (χ3n) is 3.42. The number of ether oxygens (including phenoxy) is 1. The van der Waals surface area contributed by atoms with Crippen LogP contribution in [0.1, 0.15) is 18.4 Å². The van der Waals surface area contributed by atoms with Gasteiger partial charge in [0.1, 0.15) is 0 Å². The standard InChI is InChI=1S/C19H19BrN2O4/c1-13-11-15(7-8-16(13)20)22-18(24)12-26-19(25)10-9-17(23)21-14-5-3-2-4-6-14/h2-8,11H,9-10,12H2,1H3,(H,21,23)(H,22,24). The van der Waals surface area contributed by atoms with Crippen molar-refractivity contribution in [2.24, 2.45) is 0 Å². The summed E-state index contributed by atoms with van der Waals surface area (Å²) >= 11 is 3.38. The van der Waals surface area contributed by atoms with Gasteiger partial charge in [0.2, 0.25) is 5.91 Å². The Kier molecular flexibility index (Phi) is 7.35. The Balaban J connectivity index is 1.68. The van der Waals surface area contributed by atoms with Crippen LogP contribution in [0.15, 0.2) is 53.0 Å². The average Bonchev–Trinajstić information content (AvgIpc) is 2.62. The third kappa shape index (κ3) is 6.68. The van der Waals surface area contributed by atoms with E-state index in [1.807, 2.05) is 19.1 Å². The van der Waals surface area contributed by atoms with Crippen molar-refractivity contribution in [3.63, 3.8) is 0 Å². The van der Waals surface area contributed by atoms with E-state index in [0.717, 1.165) is 10.0 Å². The molecule has 6 nitrogen and oxygen atoms in total. The fourth-order valence-corrected chi connectivity index (χ4v) is 2.34. The molecule has 0 atom stereocenters. The second-order valence-electron chi connectivity index (χ2n) is 5.59. The topological polar surface area (TPSA) is 84.5 Å². The van der Waals surface area contributed by atoms with Gasteiger partial charge < -0.3 is 15.4 Å². The number of para-hydroxylation sites is 1. The van der Waals surface area contributed by atoms with Gasteiger partial charge in [-0.05, 0) is 42.8 Å². The summed E-state index contributed by atoms with van der Waals surface area (Å²) in [6.45, 7) is 1.51. The van der Waals surface area contributed by atoms with Crippen LogP contribution >= 0.6 is 15.9 Å². The largest absolute Gasteiger partial charge is 0.456 e. The molecule has 0 unspecified atom stereocenters. The number of carbonyl (C=O) groups is 3. The van der Waals surface area contributed by atoms with Crippen molar-refractivity contribution < 1.29 is 19.1 Å². The monoisotopic (exact) mass is 418 g/mol. The maximum absolute atomic E-state index is 11.8. The molecule has 2 amide bonds. The first-order valence-corrected chi connectivity index (χ1v) is 8.80. The SMILES string of the molecule is Cc1cc(NC(=O)COC(=O)CCC(=O)Nc2ccccc2)ccc1Br. The van der Waals surface area contributed by atoms with E-state index in [4.69, 9.17) is 4.74 Å². The quantitative estimate of drug-likeness (QED) is 0.671. The summed E-state index contributed by atoms with van der Waals surface area (Å²) in [4.78, 5) is 35.2. The summed E-state index contributed by atoms with van der Waals surface area (Å²) in [5.74, 6) is -1.33. The van der Waals surface area contributed by atoms with Crippen molar-refractivity contribution in [3.05, 3.63) is 58.6 Å². The van der Waals surface area contributed by atoms with E-state index in [9.17, 15) is 14.4 Å². The van der Waals surface area contributed by atoms with Crippen LogP contribution in [0, 0.1) is 6.92 Å². The van der Waals surface area contributed by atoms with Crippen molar-refractivity contribution >= 4 is 45.1 Å². The van der Waals surface area contributed by atoms with Gasteiger partial charge in [0.15, 0.2) is 6.61 Å². The molecular formula is C19H19BrN2O4. The lowest BCUT2D eigenvalue weighted by Crippen LogP contribution is -2.21. The molecule has 136 valence electrons. The molecule has 2 N–H and O–H groups in total. The Morgan fingerprint density at radius 1 is 0.923 bits per heavy atom. The summed E-state index contributed by atoms with van der Waals surface area (Å²) in [7, 11) is 0. The Labute approximate surface area is 160 Å². The molecule has 0 radical (unpaired) electrons. The lowest BCUT2D eigenvalue weighted by Gasteiger charge is -2.08. The van der Waals surface area contributed by atoms with Crippen molar-refractivity contribution in [3.8, 4) is 0 Å². The van der Waals surface area contributed by atoms with Crippen molar-refractivity contribution in [1.82, 2.24) is 0 Å². The van der Waals surface area contributed by atoms with Gasteiger partial charge in [-0.1, -0.05) is 34.1 Å². The van der Waals surface area contributed by atoms with E-state index in [2.05, 4.69) is 26.6 Å². The molecule has 0 heterocycles. The molecule has 0 fully saturated rings. The number of aryl methyl sites for hydroxylation is 1. The highest BCUT2D eigenvalue weighted by molar-refractivity contribution is 9.10.